The van der Waals surface area contributed by atoms with Gasteiger partial charge in [0.2, 0.25) is 0 Å². The van der Waals surface area contributed by atoms with Gasteiger partial charge in [-0.15, -0.1) is 0 Å². The topological polar surface area (TPSA) is 49.0 Å². The molecule has 0 aliphatic rings. The summed E-state index contributed by atoms with van der Waals surface area (Å²) in [4.78, 5) is 0. The molecule has 0 bridgehead atoms. The van der Waals surface area contributed by atoms with Gasteiger partial charge in [0.05, 0.1) is 37.6 Å². The third kappa shape index (κ3) is 11.3. The van der Waals surface area contributed by atoms with Crippen molar-refractivity contribution in [3.63, 3.8) is 0 Å². The summed E-state index contributed by atoms with van der Waals surface area (Å²) < 4.78 is 21.6. The lowest BCUT2D eigenvalue weighted by Crippen LogP contribution is -2.36. The highest BCUT2D eigenvalue weighted by Crippen LogP contribution is 2.00. The number of rotatable bonds is 12. The molecule has 0 spiro atoms. The third-order valence-corrected chi connectivity index (χ3v) is 2.60. The van der Waals surface area contributed by atoms with E-state index in [0.717, 1.165) is 13.1 Å². The van der Waals surface area contributed by atoms with Crippen LogP contribution in [0.4, 0.5) is 0 Å². The van der Waals surface area contributed by atoms with Crippen LogP contribution in [0.1, 0.15) is 27.7 Å². The smallest absolute Gasteiger partial charge is 0.0784 e. The van der Waals surface area contributed by atoms with Crippen molar-refractivity contribution in [1.29, 1.82) is 0 Å². The zero-order valence-corrected chi connectivity index (χ0v) is 13.3. The summed E-state index contributed by atoms with van der Waals surface area (Å²) in [6.07, 6.45) is 0.567. The van der Waals surface area contributed by atoms with E-state index in [1.165, 1.54) is 0 Å². The first-order valence-electron chi connectivity index (χ1n) is 6.99. The Labute approximate surface area is 117 Å². The Kier molecular flexibility index (Phi) is 11.5. The van der Waals surface area contributed by atoms with Gasteiger partial charge in [-0.2, -0.15) is 0 Å². The van der Waals surface area contributed by atoms with Crippen molar-refractivity contribution in [3.8, 4) is 0 Å². The van der Waals surface area contributed by atoms with Crippen LogP contribution >= 0.6 is 0 Å². The largest absolute Gasteiger partial charge is 0.382 e. The fourth-order valence-electron chi connectivity index (χ4n) is 1.93. The molecule has 0 fully saturated rings. The summed E-state index contributed by atoms with van der Waals surface area (Å²) in [7, 11) is 3.37. The minimum Gasteiger partial charge on any atom is -0.382 e. The van der Waals surface area contributed by atoms with Gasteiger partial charge in [-0.3, -0.25) is 0 Å². The summed E-state index contributed by atoms with van der Waals surface area (Å²) in [5.74, 6) is 0. The molecule has 19 heavy (non-hydrogen) atoms. The van der Waals surface area contributed by atoms with E-state index in [2.05, 4.69) is 19.2 Å². The van der Waals surface area contributed by atoms with Crippen LogP contribution < -0.4 is 5.32 Å². The molecule has 0 heterocycles. The number of hydrogen-bond acceptors (Lipinski definition) is 5. The summed E-state index contributed by atoms with van der Waals surface area (Å²) in [6.45, 7) is 11.0. The second kappa shape index (κ2) is 11.6. The Balaban J connectivity index is 3.60. The third-order valence-electron chi connectivity index (χ3n) is 2.60. The van der Waals surface area contributed by atoms with Gasteiger partial charge in [-0.05, 0) is 27.7 Å². The van der Waals surface area contributed by atoms with Gasteiger partial charge in [0.1, 0.15) is 0 Å². The van der Waals surface area contributed by atoms with E-state index in [0.29, 0.717) is 13.2 Å². The van der Waals surface area contributed by atoms with Crippen LogP contribution in [0.2, 0.25) is 0 Å². The lowest BCUT2D eigenvalue weighted by Gasteiger charge is -2.22. The number of ether oxygens (including phenoxy) is 4. The summed E-state index contributed by atoms with van der Waals surface area (Å²) in [5, 5.41) is 3.35. The Hall–Kier alpha value is -0.200. The maximum atomic E-state index is 5.74. The van der Waals surface area contributed by atoms with Crippen molar-refractivity contribution in [3.05, 3.63) is 0 Å². The highest BCUT2D eigenvalue weighted by Gasteiger charge is 2.11. The fraction of sp³-hybridized carbons (Fsp3) is 1.00. The van der Waals surface area contributed by atoms with Gasteiger partial charge < -0.3 is 24.3 Å². The van der Waals surface area contributed by atoms with Gasteiger partial charge >= 0.3 is 0 Å². The number of nitrogens with one attached hydrogen (secondary N) is 1. The molecule has 5 nitrogen and oxygen atoms in total. The molecular formula is C14H31NO4. The van der Waals surface area contributed by atoms with Crippen LogP contribution in [-0.2, 0) is 18.9 Å². The van der Waals surface area contributed by atoms with Crippen LogP contribution in [0.5, 0.6) is 0 Å². The number of hydrogen-bond donors (Lipinski definition) is 1. The van der Waals surface area contributed by atoms with E-state index in [1.54, 1.807) is 14.2 Å². The molecule has 0 saturated carbocycles. The van der Waals surface area contributed by atoms with Crippen molar-refractivity contribution >= 4 is 0 Å². The van der Waals surface area contributed by atoms with Gasteiger partial charge in [-0.25, -0.2) is 0 Å². The molecular weight excluding hydrogens is 246 g/mol. The second-order valence-electron chi connectivity index (χ2n) is 5.08. The first kappa shape index (κ1) is 18.8. The molecule has 0 saturated heterocycles. The van der Waals surface area contributed by atoms with Crippen molar-refractivity contribution < 1.29 is 18.9 Å². The maximum absolute atomic E-state index is 5.74. The first-order valence-corrected chi connectivity index (χ1v) is 6.99. The van der Waals surface area contributed by atoms with E-state index in [4.69, 9.17) is 18.9 Å². The van der Waals surface area contributed by atoms with Crippen molar-refractivity contribution in [2.45, 2.75) is 52.1 Å². The van der Waals surface area contributed by atoms with Crippen LogP contribution in [0.3, 0.4) is 0 Å². The number of methoxy groups -OCH3 is 2. The fourth-order valence-corrected chi connectivity index (χ4v) is 1.93. The molecule has 0 aromatic carbocycles. The predicted molar refractivity (Wildman–Crippen MR) is 76.6 cm³/mol. The van der Waals surface area contributed by atoms with Gasteiger partial charge in [-0.1, -0.05) is 0 Å². The quantitative estimate of drug-likeness (QED) is 0.585. The minimum atomic E-state index is 0.122. The average Bonchev–Trinajstić information content (AvgIpc) is 2.28. The molecule has 0 aliphatic heterocycles. The predicted octanol–water partition coefficient (Wildman–Crippen LogP) is 1.46. The summed E-state index contributed by atoms with van der Waals surface area (Å²) >= 11 is 0. The zero-order chi connectivity index (χ0) is 14.7. The lowest BCUT2D eigenvalue weighted by molar-refractivity contribution is -0.0398. The van der Waals surface area contributed by atoms with E-state index >= 15 is 0 Å². The van der Waals surface area contributed by atoms with Crippen LogP contribution in [0.15, 0.2) is 0 Å². The first-order chi connectivity index (χ1) is 8.99. The van der Waals surface area contributed by atoms with Crippen molar-refractivity contribution in [1.82, 2.24) is 5.32 Å². The van der Waals surface area contributed by atoms with E-state index in [9.17, 15) is 0 Å². The molecule has 0 aromatic rings. The molecule has 4 atom stereocenters. The standard InChI is InChI=1S/C14H31NO4/c1-11(18-13(3)9-16-5)7-15-8-12(2)19-14(4)10-17-6/h11-15H,7-10H2,1-6H3. The normalized spacial score (nSPS) is 18.0. The minimum absolute atomic E-state index is 0.122. The highest BCUT2D eigenvalue weighted by molar-refractivity contribution is 4.63. The van der Waals surface area contributed by atoms with Gasteiger partial charge in [0, 0.05) is 27.3 Å². The van der Waals surface area contributed by atoms with Crippen LogP contribution in [-0.4, -0.2) is 64.9 Å². The van der Waals surface area contributed by atoms with Crippen molar-refractivity contribution in [2.24, 2.45) is 0 Å². The van der Waals surface area contributed by atoms with E-state index in [-0.39, 0.29) is 24.4 Å². The van der Waals surface area contributed by atoms with Gasteiger partial charge in [0.25, 0.3) is 0 Å². The Morgan fingerprint density at radius 3 is 1.37 bits per heavy atom. The van der Waals surface area contributed by atoms with Gasteiger partial charge in [0.15, 0.2) is 0 Å². The molecule has 0 radical (unpaired) electrons. The van der Waals surface area contributed by atoms with Crippen LogP contribution in [0, 0.1) is 0 Å². The summed E-state index contributed by atoms with van der Waals surface area (Å²) in [6, 6.07) is 0. The van der Waals surface area contributed by atoms with E-state index in [1.807, 2.05) is 13.8 Å². The molecule has 5 heteroatoms. The van der Waals surface area contributed by atoms with E-state index < -0.39 is 0 Å². The summed E-state index contributed by atoms with van der Waals surface area (Å²) in [5.41, 5.74) is 0. The SMILES string of the molecule is COCC(C)OC(C)CNCC(C)OC(C)COC. The highest BCUT2D eigenvalue weighted by atomic mass is 16.5. The average molecular weight is 277 g/mol. The molecule has 0 aromatic heterocycles. The Morgan fingerprint density at radius 2 is 1.05 bits per heavy atom. The van der Waals surface area contributed by atoms with Crippen LogP contribution in [0.25, 0.3) is 0 Å². The lowest BCUT2D eigenvalue weighted by atomic mass is 10.3. The molecule has 0 aliphatic carbocycles. The molecule has 0 rings (SSSR count). The monoisotopic (exact) mass is 277 g/mol. The molecule has 1 N–H and O–H groups in total. The Morgan fingerprint density at radius 1 is 0.684 bits per heavy atom. The Bertz CT molecular complexity index is 184. The molecule has 0 amide bonds. The zero-order valence-electron chi connectivity index (χ0n) is 13.3. The second-order valence-corrected chi connectivity index (χ2v) is 5.08. The molecule has 116 valence electrons. The molecule has 4 unspecified atom stereocenters. The van der Waals surface area contributed by atoms with Crippen molar-refractivity contribution in [2.75, 3.05) is 40.5 Å². The maximum Gasteiger partial charge on any atom is 0.0784 e.